The molecule has 0 heterocycles. The lowest BCUT2D eigenvalue weighted by Gasteiger charge is -2.06. The summed E-state index contributed by atoms with van der Waals surface area (Å²) in [6.45, 7) is 3.97. The van der Waals surface area contributed by atoms with Crippen LogP contribution in [0.15, 0.2) is 42.6 Å². The Balaban J connectivity index is 2.80. The molecule has 6 heteroatoms. The Bertz CT molecular complexity index is 561. The van der Waals surface area contributed by atoms with E-state index in [2.05, 4.69) is 17.2 Å². The van der Waals surface area contributed by atoms with E-state index < -0.39 is 5.91 Å². The second-order valence-electron chi connectivity index (χ2n) is 3.45. The average Bonchev–Trinajstić information content (AvgIpc) is 2.38. The van der Waals surface area contributed by atoms with Gasteiger partial charge in [-0.25, -0.2) is 0 Å². The van der Waals surface area contributed by atoms with Gasteiger partial charge >= 0.3 is 0 Å². The molecule has 98 valence electrons. The number of nitrogens with one attached hydrogen (secondary N) is 2. The molecule has 0 fully saturated rings. The maximum Gasteiger partial charge on any atom is 0.267 e. The van der Waals surface area contributed by atoms with E-state index in [0.717, 1.165) is 0 Å². The first-order valence-corrected chi connectivity index (χ1v) is 6.05. The fourth-order valence-electron chi connectivity index (χ4n) is 1.17. The zero-order valence-corrected chi connectivity index (χ0v) is 11.4. The third-order valence-electron chi connectivity index (χ3n) is 2.05. The number of benzene rings is 1. The van der Waals surface area contributed by atoms with Crippen LogP contribution in [0.3, 0.4) is 0 Å². The van der Waals surface area contributed by atoms with Crippen LogP contribution in [0.2, 0.25) is 10.0 Å². The van der Waals surface area contributed by atoms with Gasteiger partial charge in [-0.2, -0.15) is 5.26 Å². The lowest BCUT2D eigenvalue weighted by atomic mass is 10.2. The standard InChI is InChI=1S/C13H11Cl2N3O/c1-2-5-17-8-9(7-16)13(19)18-12-4-3-10(14)6-11(12)15/h2-4,6,8,17H,1,5H2,(H,18,19)/b9-8-. The Morgan fingerprint density at radius 2 is 2.21 bits per heavy atom. The topological polar surface area (TPSA) is 64.9 Å². The van der Waals surface area contributed by atoms with Crippen LogP contribution in [0, 0.1) is 11.3 Å². The normalized spacial score (nSPS) is 10.5. The van der Waals surface area contributed by atoms with Crippen LogP contribution in [0.25, 0.3) is 0 Å². The number of amides is 1. The van der Waals surface area contributed by atoms with Gasteiger partial charge in [-0.3, -0.25) is 4.79 Å². The molecule has 0 unspecified atom stereocenters. The molecule has 2 N–H and O–H groups in total. The SMILES string of the molecule is C=CCN/C=C(/C#N)C(=O)Nc1ccc(Cl)cc1Cl. The van der Waals surface area contributed by atoms with Crippen molar-refractivity contribution in [2.75, 3.05) is 11.9 Å². The molecule has 0 spiro atoms. The molecule has 0 radical (unpaired) electrons. The van der Waals surface area contributed by atoms with Gasteiger partial charge < -0.3 is 10.6 Å². The van der Waals surface area contributed by atoms with Crippen LogP contribution in [0.1, 0.15) is 0 Å². The van der Waals surface area contributed by atoms with Crippen LogP contribution in [-0.2, 0) is 4.79 Å². The number of rotatable bonds is 5. The van der Waals surface area contributed by atoms with Gasteiger partial charge in [0.2, 0.25) is 0 Å². The van der Waals surface area contributed by atoms with Crippen molar-refractivity contribution in [1.29, 1.82) is 5.26 Å². The summed E-state index contributed by atoms with van der Waals surface area (Å²) in [6, 6.07) is 6.46. The summed E-state index contributed by atoms with van der Waals surface area (Å²) in [4.78, 5) is 11.8. The summed E-state index contributed by atoms with van der Waals surface area (Å²) in [5, 5.41) is 14.9. The van der Waals surface area contributed by atoms with E-state index in [9.17, 15) is 4.79 Å². The minimum absolute atomic E-state index is 0.0622. The number of nitrogens with zero attached hydrogens (tertiary/aromatic N) is 1. The molecule has 0 aromatic heterocycles. The first kappa shape index (κ1) is 15.1. The van der Waals surface area contributed by atoms with Gasteiger partial charge in [0.1, 0.15) is 11.6 Å². The van der Waals surface area contributed by atoms with Crippen molar-refractivity contribution in [2.45, 2.75) is 0 Å². The number of nitriles is 1. The summed E-state index contributed by atoms with van der Waals surface area (Å²) < 4.78 is 0. The molecular weight excluding hydrogens is 285 g/mol. The fraction of sp³-hybridized carbons (Fsp3) is 0.0769. The van der Waals surface area contributed by atoms with Crippen molar-refractivity contribution < 1.29 is 4.79 Å². The number of carbonyl (C=O) groups excluding carboxylic acids is 1. The Labute approximate surface area is 121 Å². The highest BCUT2D eigenvalue weighted by Crippen LogP contribution is 2.25. The molecule has 0 bridgehead atoms. The molecule has 1 rings (SSSR count). The molecule has 0 aliphatic carbocycles. The lowest BCUT2D eigenvalue weighted by molar-refractivity contribution is -0.112. The zero-order chi connectivity index (χ0) is 14.3. The summed E-state index contributed by atoms with van der Waals surface area (Å²) in [5.41, 5.74) is 0.328. The molecule has 1 aromatic carbocycles. The number of hydrogen-bond donors (Lipinski definition) is 2. The Hall–Kier alpha value is -1.96. The van der Waals surface area contributed by atoms with E-state index in [-0.39, 0.29) is 5.57 Å². The highest BCUT2D eigenvalue weighted by atomic mass is 35.5. The number of halogens is 2. The van der Waals surface area contributed by atoms with E-state index in [0.29, 0.717) is 22.3 Å². The summed E-state index contributed by atoms with van der Waals surface area (Å²) in [5.74, 6) is -0.553. The fourth-order valence-corrected chi connectivity index (χ4v) is 1.63. The highest BCUT2D eigenvalue weighted by molar-refractivity contribution is 6.36. The molecule has 4 nitrogen and oxygen atoms in total. The van der Waals surface area contributed by atoms with Gasteiger partial charge in [0, 0.05) is 17.8 Å². The Morgan fingerprint density at radius 3 is 2.79 bits per heavy atom. The first-order valence-electron chi connectivity index (χ1n) is 5.29. The van der Waals surface area contributed by atoms with Gasteiger partial charge in [0.25, 0.3) is 5.91 Å². The van der Waals surface area contributed by atoms with Crippen LogP contribution < -0.4 is 10.6 Å². The van der Waals surface area contributed by atoms with Crippen molar-refractivity contribution >= 4 is 34.8 Å². The Morgan fingerprint density at radius 1 is 1.47 bits per heavy atom. The van der Waals surface area contributed by atoms with Gasteiger partial charge in [0.15, 0.2) is 0 Å². The van der Waals surface area contributed by atoms with Crippen LogP contribution in [0.4, 0.5) is 5.69 Å². The van der Waals surface area contributed by atoms with Crippen LogP contribution >= 0.6 is 23.2 Å². The zero-order valence-electron chi connectivity index (χ0n) is 9.91. The van der Waals surface area contributed by atoms with E-state index in [1.807, 2.05) is 0 Å². The lowest BCUT2D eigenvalue weighted by Crippen LogP contribution is -2.16. The summed E-state index contributed by atoms with van der Waals surface area (Å²) in [7, 11) is 0. The van der Waals surface area contributed by atoms with E-state index in [1.54, 1.807) is 24.3 Å². The first-order chi connectivity index (χ1) is 9.08. The van der Waals surface area contributed by atoms with Crippen molar-refractivity contribution in [2.24, 2.45) is 0 Å². The maximum atomic E-state index is 11.8. The largest absolute Gasteiger partial charge is 0.386 e. The molecule has 0 aliphatic heterocycles. The predicted octanol–water partition coefficient (Wildman–Crippen LogP) is 3.11. The molecule has 19 heavy (non-hydrogen) atoms. The number of anilines is 1. The van der Waals surface area contributed by atoms with Crippen LogP contribution in [-0.4, -0.2) is 12.5 Å². The summed E-state index contributed by atoms with van der Waals surface area (Å²) in [6.07, 6.45) is 2.93. The highest BCUT2D eigenvalue weighted by Gasteiger charge is 2.11. The van der Waals surface area contributed by atoms with Crippen LogP contribution in [0.5, 0.6) is 0 Å². The van der Waals surface area contributed by atoms with Gasteiger partial charge in [-0.15, -0.1) is 6.58 Å². The number of hydrogen-bond acceptors (Lipinski definition) is 3. The van der Waals surface area contributed by atoms with Gasteiger partial charge in [-0.05, 0) is 18.2 Å². The molecule has 0 saturated carbocycles. The molecule has 0 saturated heterocycles. The maximum absolute atomic E-state index is 11.8. The number of carbonyl (C=O) groups is 1. The molecule has 0 atom stereocenters. The second kappa shape index (κ2) is 7.47. The van der Waals surface area contributed by atoms with E-state index >= 15 is 0 Å². The van der Waals surface area contributed by atoms with Gasteiger partial charge in [0.05, 0.1) is 10.7 Å². The quantitative estimate of drug-likeness (QED) is 0.380. The summed E-state index contributed by atoms with van der Waals surface area (Å²) >= 11 is 11.7. The minimum atomic E-state index is -0.553. The third kappa shape index (κ3) is 4.66. The smallest absolute Gasteiger partial charge is 0.267 e. The van der Waals surface area contributed by atoms with Gasteiger partial charge in [-0.1, -0.05) is 29.3 Å². The Kier molecular flexibility index (Phi) is 5.94. The molecule has 1 aromatic rings. The second-order valence-corrected chi connectivity index (χ2v) is 4.29. The van der Waals surface area contributed by atoms with E-state index in [1.165, 1.54) is 12.3 Å². The van der Waals surface area contributed by atoms with Crippen molar-refractivity contribution in [1.82, 2.24) is 5.32 Å². The molecule has 1 amide bonds. The molecule has 0 aliphatic rings. The predicted molar refractivity (Wildman–Crippen MR) is 77.0 cm³/mol. The van der Waals surface area contributed by atoms with Crippen molar-refractivity contribution in [3.05, 3.63) is 52.7 Å². The van der Waals surface area contributed by atoms with Crippen molar-refractivity contribution in [3.8, 4) is 6.07 Å². The molecular formula is C13H11Cl2N3O. The third-order valence-corrected chi connectivity index (χ3v) is 2.60. The van der Waals surface area contributed by atoms with Crippen molar-refractivity contribution in [3.63, 3.8) is 0 Å². The monoisotopic (exact) mass is 295 g/mol. The average molecular weight is 296 g/mol. The minimum Gasteiger partial charge on any atom is -0.386 e. The van der Waals surface area contributed by atoms with E-state index in [4.69, 9.17) is 28.5 Å².